The summed E-state index contributed by atoms with van der Waals surface area (Å²) in [5, 5.41) is 23.1. The molecule has 184 valence electrons. The molecule has 2 aromatic rings. The summed E-state index contributed by atoms with van der Waals surface area (Å²) in [6.07, 6.45) is 13.5. The van der Waals surface area contributed by atoms with Crippen LogP contribution in [-0.4, -0.2) is 56.8 Å². The summed E-state index contributed by atoms with van der Waals surface area (Å²) in [5.74, 6) is 3.32. The highest BCUT2D eigenvalue weighted by Crippen LogP contribution is 2.41. The highest BCUT2D eigenvalue weighted by Gasteiger charge is 2.52. The van der Waals surface area contributed by atoms with Gasteiger partial charge >= 0.3 is 11.1 Å². The van der Waals surface area contributed by atoms with Crippen molar-refractivity contribution in [3.8, 4) is 12.3 Å². The van der Waals surface area contributed by atoms with Crippen molar-refractivity contribution in [2.45, 2.75) is 75.4 Å². The van der Waals surface area contributed by atoms with Gasteiger partial charge < -0.3 is 9.94 Å². The molecule has 1 aliphatic rings. The van der Waals surface area contributed by atoms with Crippen LogP contribution in [0, 0.1) is 17.6 Å². The number of esters is 1. The fourth-order valence-corrected chi connectivity index (χ4v) is 6.30. The predicted molar refractivity (Wildman–Crippen MR) is 137 cm³/mol. The van der Waals surface area contributed by atoms with E-state index < -0.39 is 22.4 Å². The van der Waals surface area contributed by atoms with Crippen molar-refractivity contribution in [3.05, 3.63) is 35.3 Å². The smallest absolute Gasteiger partial charge is 0.344 e. The van der Waals surface area contributed by atoms with E-state index in [1.54, 1.807) is 30.1 Å². The molecule has 1 aliphatic heterocycles. The number of unbranched alkanes of at least 4 members (excludes halogenated alkanes) is 1. The second-order valence-electron chi connectivity index (χ2n) is 8.49. The van der Waals surface area contributed by atoms with E-state index in [4.69, 9.17) is 11.2 Å². The molecule has 0 bridgehead atoms. The number of carbonyl (C=O) groups excluding carboxylic acids is 1. The molecule has 3 rings (SSSR count). The van der Waals surface area contributed by atoms with Crippen LogP contribution in [0.4, 0.5) is 5.13 Å². The third-order valence-electron chi connectivity index (χ3n) is 6.01. The number of carbonyl (C=O) groups is 1. The van der Waals surface area contributed by atoms with Gasteiger partial charge in [-0.3, -0.25) is 9.63 Å². The topological polar surface area (TPSA) is 91.3 Å². The van der Waals surface area contributed by atoms with Gasteiger partial charge in [0.15, 0.2) is 4.34 Å². The predicted octanol–water partition coefficient (Wildman–Crippen LogP) is 5.06. The molecule has 0 amide bonds. The van der Waals surface area contributed by atoms with Gasteiger partial charge in [0.05, 0.1) is 17.6 Å². The van der Waals surface area contributed by atoms with Gasteiger partial charge in [0.25, 0.3) is 6.23 Å². The van der Waals surface area contributed by atoms with Gasteiger partial charge in [0, 0.05) is 18.1 Å². The average molecular weight is 504 g/mol. The molecular weight excluding hydrogens is 470 g/mol. The van der Waals surface area contributed by atoms with Gasteiger partial charge in [-0.25, -0.2) is 9.69 Å². The Morgan fingerprint density at radius 1 is 1.35 bits per heavy atom. The first-order valence-electron chi connectivity index (χ1n) is 11.8. The summed E-state index contributed by atoms with van der Waals surface area (Å²) in [6.45, 7) is 6.60. The number of aromatic nitrogens is 3. The number of thioether (sulfide) groups is 1. The number of ether oxygens (including phenoxy) is 1. The Labute approximate surface area is 210 Å². The molecule has 2 aromatic heterocycles. The molecule has 2 unspecified atom stereocenters. The Hall–Kier alpha value is -2.03. The van der Waals surface area contributed by atoms with E-state index in [0.29, 0.717) is 5.56 Å². The monoisotopic (exact) mass is 503 g/mol. The molecule has 0 aliphatic carbocycles. The Bertz CT molecular complexity index is 974. The summed E-state index contributed by atoms with van der Waals surface area (Å²) in [6, 6.07) is 3.28. The van der Waals surface area contributed by atoms with E-state index in [1.807, 2.05) is 4.90 Å². The Morgan fingerprint density at radius 2 is 2.12 bits per heavy atom. The van der Waals surface area contributed by atoms with Crippen molar-refractivity contribution in [2.75, 3.05) is 19.0 Å². The minimum atomic E-state index is -1.00. The number of nitrogens with zero attached hydrogens (tertiary/aromatic N) is 5. The van der Waals surface area contributed by atoms with E-state index in [-0.39, 0.29) is 18.3 Å². The first kappa shape index (κ1) is 26.6. The van der Waals surface area contributed by atoms with Crippen molar-refractivity contribution < 1.29 is 9.53 Å². The molecule has 1 fully saturated rings. The standard InChI is InChI=1S/C24H33N5O3S2/c1-5-9-15-33-23-27-26-22(34-23)29(31)18-28(24(8-4,12-6-2)13-7-3)17-20(29)32-21(30)19-11-10-14-25-16-19/h4,10-11,14,16,20H,5-7,9,12-13,15,17-18H2,1-3H3. The lowest BCUT2D eigenvalue weighted by molar-refractivity contribution is 0.00493. The summed E-state index contributed by atoms with van der Waals surface area (Å²) < 4.78 is 5.64. The minimum Gasteiger partial charge on any atom is -0.622 e. The van der Waals surface area contributed by atoms with Gasteiger partial charge in [-0.05, 0) is 42.7 Å². The number of rotatable bonds is 12. The molecule has 0 aromatic carbocycles. The van der Waals surface area contributed by atoms with E-state index in [0.717, 1.165) is 48.6 Å². The van der Waals surface area contributed by atoms with Gasteiger partial charge in [-0.2, -0.15) is 0 Å². The zero-order chi connectivity index (χ0) is 24.6. The van der Waals surface area contributed by atoms with Crippen LogP contribution in [0.5, 0.6) is 0 Å². The first-order chi connectivity index (χ1) is 16.4. The zero-order valence-electron chi connectivity index (χ0n) is 20.1. The number of terminal acetylenes is 1. The molecule has 0 radical (unpaired) electrons. The van der Waals surface area contributed by atoms with Crippen molar-refractivity contribution in [1.82, 2.24) is 24.7 Å². The van der Waals surface area contributed by atoms with Gasteiger partial charge in [-0.1, -0.05) is 62.8 Å². The lowest BCUT2D eigenvalue weighted by atomic mass is 9.88. The van der Waals surface area contributed by atoms with Gasteiger partial charge in [0.1, 0.15) is 6.67 Å². The van der Waals surface area contributed by atoms with E-state index in [9.17, 15) is 10.0 Å². The quantitative estimate of drug-likeness (QED) is 0.0991. The normalized spacial score (nSPS) is 20.9. The number of pyridine rings is 1. The van der Waals surface area contributed by atoms with Crippen LogP contribution in [0.3, 0.4) is 0 Å². The molecular formula is C24H33N5O3S2. The molecule has 10 heteroatoms. The molecule has 34 heavy (non-hydrogen) atoms. The van der Waals surface area contributed by atoms with Crippen molar-refractivity contribution in [1.29, 1.82) is 0 Å². The molecule has 3 heterocycles. The van der Waals surface area contributed by atoms with Crippen molar-refractivity contribution >= 4 is 34.2 Å². The summed E-state index contributed by atoms with van der Waals surface area (Å²) >= 11 is 2.87. The lowest BCUT2D eigenvalue weighted by Gasteiger charge is -2.40. The summed E-state index contributed by atoms with van der Waals surface area (Å²) in [7, 11) is 0. The maximum absolute atomic E-state index is 14.4. The highest BCUT2D eigenvalue weighted by atomic mass is 32.2. The van der Waals surface area contributed by atoms with Crippen LogP contribution in [0.2, 0.25) is 0 Å². The third-order valence-corrected chi connectivity index (χ3v) is 8.26. The minimum absolute atomic E-state index is 0.0590. The second kappa shape index (κ2) is 12.1. The number of hydroxylamine groups is 2. The van der Waals surface area contributed by atoms with Gasteiger partial charge in [0.2, 0.25) is 0 Å². The highest BCUT2D eigenvalue weighted by molar-refractivity contribution is 8.01. The maximum atomic E-state index is 14.4. The average Bonchev–Trinajstić information content (AvgIpc) is 3.45. The third kappa shape index (κ3) is 5.78. The largest absolute Gasteiger partial charge is 0.622 e. The van der Waals surface area contributed by atoms with Crippen molar-refractivity contribution in [3.63, 3.8) is 0 Å². The molecule has 0 N–H and O–H groups in total. The Kier molecular flexibility index (Phi) is 9.45. The molecule has 0 saturated carbocycles. The van der Waals surface area contributed by atoms with Crippen LogP contribution in [0.25, 0.3) is 0 Å². The SMILES string of the molecule is C#CC(CCC)(CCC)N1CC(OC(=O)c2cccnc2)[N+]([O-])(c2nnc(SCCCC)s2)C1. The van der Waals surface area contributed by atoms with Crippen molar-refractivity contribution in [2.24, 2.45) is 0 Å². The Balaban J connectivity index is 1.92. The van der Waals surface area contributed by atoms with E-state index in [2.05, 4.69) is 41.9 Å². The molecule has 8 nitrogen and oxygen atoms in total. The summed E-state index contributed by atoms with van der Waals surface area (Å²) in [4.78, 5) is 18.9. The second-order valence-corrected chi connectivity index (χ2v) is 10.8. The van der Waals surface area contributed by atoms with Crippen LogP contribution < -0.4 is 4.65 Å². The molecule has 1 saturated heterocycles. The zero-order valence-corrected chi connectivity index (χ0v) is 21.7. The molecule has 0 spiro atoms. The fraction of sp³-hybridized carbons (Fsp3) is 0.583. The van der Waals surface area contributed by atoms with Crippen LogP contribution in [0.1, 0.15) is 69.7 Å². The Morgan fingerprint density at radius 3 is 2.74 bits per heavy atom. The number of hydrogen-bond acceptors (Lipinski definition) is 9. The van der Waals surface area contributed by atoms with Crippen LogP contribution >= 0.6 is 23.1 Å². The van der Waals surface area contributed by atoms with Crippen LogP contribution in [0.15, 0.2) is 28.9 Å². The first-order valence-corrected chi connectivity index (χ1v) is 13.6. The fourth-order valence-electron chi connectivity index (χ4n) is 4.24. The number of hydrogen-bond donors (Lipinski definition) is 0. The van der Waals surface area contributed by atoms with Gasteiger partial charge in [-0.15, -0.1) is 11.5 Å². The lowest BCUT2D eigenvalue weighted by Crippen LogP contribution is -2.52. The maximum Gasteiger partial charge on any atom is 0.344 e. The van der Waals surface area contributed by atoms with E-state index >= 15 is 0 Å². The number of quaternary nitrogens is 1. The van der Waals surface area contributed by atoms with E-state index in [1.165, 1.54) is 17.5 Å². The summed E-state index contributed by atoms with van der Waals surface area (Å²) in [5.41, 5.74) is -0.276. The molecule has 2 atom stereocenters. The van der Waals surface area contributed by atoms with Crippen LogP contribution in [-0.2, 0) is 4.74 Å².